The first-order chi connectivity index (χ1) is 13.5. The van der Waals surface area contributed by atoms with Gasteiger partial charge in [-0.1, -0.05) is 60.3 Å². The van der Waals surface area contributed by atoms with E-state index < -0.39 is 0 Å². The van der Waals surface area contributed by atoms with E-state index in [4.69, 9.17) is 4.74 Å². The van der Waals surface area contributed by atoms with Crippen molar-refractivity contribution in [2.45, 2.75) is 31.1 Å². The molecule has 146 valence electrons. The van der Waals surface area contributed by atoms with Crippen LogP contribution in [0, 0.1) is 0 Å². The highest BCUT2D eigenvalue weighted by molar-refractivity contribution is 7.99. The Kier molecular flexibility index (Phi) is 6.71. The Hall–Kier alpha value is -2.80. The molecule has 0 unspecified atom stereocenters. The maximum absolute atomic E-state index is 12.3. The Morgan fingerprint density at radius 3 is 2.39 bits per heavy atom. The minimum atomic E-state index is -0.249. The van der Waals surface area contributed by atoms with E-state index in [1.807, 2.05) is 86.1 Å². The number of carbonyl (C=O) groups is 1. The van der Waals surface area contributed by atoms with Gasteiger partial charge in [0.2, 0.25) is 5.91 Å². The molecule has 0 radical (unpaired) electrons. The number of carbonyl (C=O) groups excluding carboxylic acids is 1. The summed E-state index contributed by atoms with van der Waals surface area (Å²) < 4.78 is 7.78. The number of hydrogen-bond acceptors (Lipinski definition) is 5. The molecular formula is C21H24N4O2S. The Balaban J connectivity index is 1.54. The first-order valence-corrected chi connectivity index (χ1v) is 10.1. The standard InChI is InChI=1S/C21H24N4O2S/c1-15(17-10-6-4-7-11-17)22-19(26)14-28-21-24-23-20(25(21)3)16(2)27-18-12-8-5-9-13-18/h4-13,15-16H,14H2,1-3H3,(H,22,26)/t15-,16-/m0/s1. The summed E-state index contributed by atoms with van der Waals surface area (Å²) in [6.07, 6.45) is -0.249. The second-order valence-electron chi connectivity index (χ2n) is 6.46. The van der Waals surface area contributed by atoms with Crippen molar-refractivity contribution in [2.75, 3.05) is 5.75 Å². The van der Waals surface area contributed by atoms with Crippen LogP contribution in [0.1, 0.15) is 37.4 Å². The van der Waals surface area contributed by atoms with Crippen molar-refractivity contribution in [3.63, 3.8) is 0 Å². The van der Waals surface area contributed by atoms with Crippen LogP contribution in [0.2, 0.25) is 0 Å². The lowest BCUT2D eigenvalue weighted by atomic mass is 10.1. The third-order valence-corrected chi connectivity index (χ3v) is 5.32. The van der Waals surface area contributed by atoms with Crippen LogP contribution >= 0.6 is 11.8 Å². The highest BCUT2D eigenvalue weighted by Crippen LogP contribution is 2.23. The van der Waals surface area contributed by atoms with E-state index in [-0.39, 0.29) is 23.8 Å². The lowest BCUT2D eigenvalue weighted by molar-refractivity contribution is -0.119. The van der Waals surface area contributed by atoms with Gasteiger partial charge in [0.1, 0.15) is 5.75 Å². The summed E-state index contributed by atoms with van der Waals surface area (Å²) in [7, 11) is 1.88. The molecule has 1 N–H and O–H groups in total. The molecule has 0 saturated heterocycles. The summed E-state index contributed by atoms with van der Waals surface area (Å²) in [5.41, 5.74) is 1.08. The van der Waals surface area contributed by atoms with Gasteiger partial charge in [-0.3, -0.25) is 4.79 Å². The molecule has 2 aromatic carbocycles. The molecule has 1 amide bonds. The third kappa shape index (κ3) is 5.13. The quantitative estimate of drug-likeness (QED) is 0.585. The molecule has 1 aromatic heterocycles. The van der Waals surface area contributed by atoms with E-state index in [9.17, 15) is 4.79 Å². The lowest BCUT2D eigenvalue weighted by Gasteiger charge is -2.15. The number of benzene rings is 2. The summed E-state index contributed by atoms with van der Waals surface area (Å²) in [5, 5.41) is 12.1. The SMILES string of the molecule is C[C@H](NC(=O)CSc1nnc([C@H](C)Oc2ccccc2)n1C)c1ccccc1. The Morgan fingerprint density at radius 2 is 1.71 bits per heavy atom. The molecule has 0 saturated carbocycles. The number of para-hydroxylation sites is 1. The summed E-state index contributed by atoms with van der Waals surface area (Å²) >= 11 is 1.36. The zero-order chi connectivity index (χ0) is 19.9. The van der Waals surface area contributed by atoms with Crippen LogP contribution < -0.4 is 10.1 Å². The van der Waals surface area contributed by atoms with Gasteiger partial charge in [0, 0.05) is 7.05 Å². The van der Waals surface area contributed by atoms with Crippen LogP contribution in [0.15, 0.2) is 65.8 Å². The Labute approximate surface area is 169 Å². The molecule has 0 spiro atoms. The van der Waals surface area contributed by atoms with Crippen molar-refractivity contribution in [1.82, 2.24) is 20.1 Å². The van der Waals surface area contributed by atoms with Crippen LogP contribution in [0.4, 0.5) is 0 Å². The van der Waals surface area contributed by atoms with Gasteiger partial charge in [-0.25, -0.2) is 0 Å². The van der Waals surface area contributed by atoms with Crippen molar-refractivity contribution >= 4 is 17.7 Å². The van der Waals surface area contributed by atoms with Gasteiger partial charge in [0.05, 0.1) is 11.8 Å². The molecule has 28 heavy (non-hydrogen) atoms. The van der Waals surface area contributed by atoms with Crippen molar-refractivity contribution in [3.05, 3.63) is 72.1 Å². The van der Waals surface area contributed by atoms with Gasteiger partial charge in [0.25, 0.3) is 0 Å². The van der Waals surface area contributed by atoms with Crippen LogP contribution in [0.5, 0.6) is 5.75 Å². The molecule has 0 aliphatic heterocycles. The molecular weight excluding hydrogens is 372 g/mol. The fourth-order valence-corrected chi connectivity index (χ4v) is 3.53. The number of rotatable bonds is 8. The average Bonchev–Trinajstić information content (AvgIpc) is 3.08. The predicted octanol–water partition coefficient (Wildman–Crippen LogP) is 3.92. The summed E-state index contributed by atoms with van der Waals surface area (Å²) in [6.45, 7) is 3.90. The molecule has 0 aliphatic carbocycles. The maximum atomic E-state index is 12.3. The lowest BCUT2D eigenvalue weighted by Crippen LogP contribution is -2.28. The summed E-state index contributed by atoms with van der Waals surface area (Å²) in [5.74, 6) is 1.72. The number of aromatic nitrogens is 3. The van der Waals surface area contributed by atoms with Gasteiger partial charge in [-0.05, 0) is 31.5 Å². The third-order valence-electron chi connectivity index (χ3n) is 4.30. The normalized spacial score (nSPS) is 13.0. The first-order valence-electron chi connectivity index (χ1n) is 9.12. The van der Waals surface area contributed by atoms with E-state index in [2.05, 4.69) is 15.5 Å². The van der Waals surface area contributed by atoms with E-state index in [0.717, 1.165) is 11.3 Å². The van der Waals surface area contributed by atoms with E-state index in [1.165, 1.54) is 11.8 Å². The topological polar surface area (TPSA) is 69.0 Å². The van der Waals surface area contributed by atoms with Gasteiger partial charge in [0.15, 0.2) is 17.1 Å². The predicted molar refractivity (Wildman–Crippen MR) is 110 cm³/mol. The molecule has 0 bridgehead atoms. The minimum Gasteiger partial charge on any atom is -0.483 e. The first kappa shape index (κ1) is 19.9. The number of ether oxygens (including phenoxy) is 1. The fourth-order valence-electron chi connectivity index (χ4n) is 2.80. The molecule has 6 nitrogen and oxygen atoms in total. The van der Waals surface area contributed by atoms with Gasteiger partial charge in [-0.15, -0.1) is 10.2 Å². The van der Waals surface area contributed by atoms with E-state index >= 15 is 0 Å². The van der Waals surface area contributed by atoms with Gasteiger partial charge >= 0.3 is 0 Å². The van der Waals surface area contributed by atoms with Crippen molar-refractivity contribution in [2.24, 2.45) is 7.05 Å². The number of hydrogen-bond donors (Lipinski definition) is 1. The van der Waals surface area contributed by atoms with Crippen LogP contribution in [0.25, 0.3) is 0 Å². The summed E-state index contributed by atoms with van der Waals surface area (Å²) in [6, 6.07) is 19.5. The molecule has 0 aliphatic rings. The number of nitrogens with one attached hydrogen (secondary N) is 1. The van der Waals surface area contributed by atoms with Crippen LogP contribution in [0.3, 0.4) is 0 Å². The second-order valence-corrected chi connectivity index (χ2v) is 7.40. The molecule has 7 heteroatoms. The van der Waals surface area contributed by atoms with Crippen molar-refractivity contribution < 1.29 is 9.53 Å². The number of nitrogens with zero attached hydrogens (tertiary/aromatic N) is 3. The second kappa shape index (κ2) is 9.41. The summed E-state index contributed by atoms with van der Waals surface area (Å²) in [4.78, 5) is 12.3. The average molecular weight is 397 g/mol. The molecule has 0 fully saturated rings. The highest BCUT2D eigenvalue weighted by Gasteiger charge is 2.18. The van der Waals surface area contributed by atoms with Gasteiger partial charge in [-0.2, -0.15) is 0 Å². The Morgan fingerprint density at radius 1 is 1.07 bits per heavy atom. The fraction of sp³-hybridized carbons (Fsp3) is 0.286. The highest BCUT2D eigenvalue weighted by atomic mass is 32.2. The van der Waals surface area contributed by atoms with Crippen molar-refractivity contribution in [3.8, 4) is 5.75 Å². The van der Waals surface area contributed by atoms with Gasteiger partial charge < -0.3 is 14.6 Å². The minimum absolute atomic E-state index is 0.0383. The zero-order valence-electron chi connectivity index (χ0n) is 16.2. The zero-order valence-corrected chi connectivity index (χ0v) is 17.0. The molecule has 2 atom stereocenters. The van der Waals surface area contributed by atoms with E-state index in [0.29, 0.717) is 11.0 Å². The van der Waals surface area contributed by atoms with E-state index in [1.54, 1.807) is 0 Å². The number of thioether (sulfide) groups is 1. The smallest absolute Gasteiger partial charge is 0.230 e. The molecule has 3 aromatic rings. The van der Waals surface area contributed by atoms with Crippen LogP contribution in [-0.4, -0.2) is 26.4 Å². The van der Waals surface area contributed by atoms with Crippen LogP contribution in [-0.2, 0) is 11.8 Å². The maximum Gasteiger partial charge on any atom is 0.230 e. The number of amides is 1. The largest absolute Gasteiger partial charge is 0.483 e. The van der Waals surface area contributed by atoms with Crippen molar-refractivity contribution in [1.29, 1.82) is 0 Å². The molecule has 1 heterocycles. The monoisotopic (exact) mass is 396 g/mol. The Bertz CT molecular complexity index is 899. The molecule has 3 rings (SSSR count).